The Hall–Kier alpha value is -1.46. The third-order valence-corrected chi connectivity index (χ3v) is 4.83. The molecule has 0 bridgehead atoms. The summed E-state index contributed by atoms with van der Waals surface area (Å²) in [7, 11) is 0. The Balaban J connectivity index is 0.00000100. The zero-order valence-corrected chi connectivity index (χ0v) is 15.4. The van der Waals surface area contributed by atoms with Crippen molar-refractivity contribution in [1.82, 2.24) is 15.2 Å². The summed E-state index contributed by atoms with van der Waals surface area (Å²) >= 11 is 0. The van der Waals surface area contributed by atoms with E-state index in [1.807, 2.05) is 26.0 Å². The van der Waals surface area contributed by atoms with E-state index < -0.39 is 0 Å². The number of hydrogen-bond donors (Lipinski definition) is 1. The van der Waals surface area contributed by atoms with Crippen molar-refractivity contribution in [2.45, 2.75) is 33.6 Å². The van der Waals surface area contributed by atoms with Crippen LogP contribution >= 0.6 is 0 Å². The van der Waals surface area contributed by atoms with Gasteiger partial charge in [-0.05, 0) is 50.9 Å². The Bertz CT molecular complexity index is 489. The van der Waals surface area contributed by atoms with Crippen LogP contribution in [0.25, 0.3) is 0 Å². The standard InChI is InChI=1S/C17H26N4O.C2H6/c1-14(22)16-2-3-17(19-12-16)21-10-8-20(9-11-21)13-15-4-6-18-7-5-15;1-2/h2-3,12,15,18H,4-11,13H2,1H3;1-2H3. The van der Waals surface area contributed by atoms with Crippen LogP contribution in [0.5, 0.6) is 0 Å². The van der Waals surface area contributed by atoms with Gasteiger partial charge in [-0.3, -0.25) is 9.69 Å². The first-order valence-electron chi connectivity index (χ1n) is 9.37. The Morgan fingerprint density at radius 2 is 1.83 bits per heavy atom. The molecule has 0 spiro atoms. The van der Waals surface area contributed by atoms with Crippen molar-refractivity contribution < 1.29 is 4.79 Å². The van der Waals surface area contributed by atoms with Gasteiger partial charge in [0.1, 0.15) is 5.82 Å². The van der Waals surface area contributed by atoms with Gasteiger partial charge in [-0.1, -0.05) is 13.8 Å². The van der Waals surface area contributed by atoms with Gasteiger partial charge in [-0.15, -0.1) is 0 Å². The molecule has 0 amide bonds. The third-order valence-electron chi connectivity index (χ3n) is 4.83. The van der Waals surface area contributed by atoms with Gasteiger partial charge in [-0.2, -0.15) is 0 Å². The lowest BCUT2D eigenvalue weighted by Gasteiger charge is -2.37. The second-order valence-electron chi connectivity index (χ2n) is 6.44. The van der Waals surface area contributed by atoms with Crippen molar-refractivity contribution in [2.75, 3.05) is 50.7 Å². The molecule has 0 aliphatic carbocycles. The first-order valence-corrected chi connectivity index (χ1v) is 9.37. The molecule has 0 aromatic carbocycles. The predicted molar refractivity (Wildman–Crippen MR) is 99.8 cm³/mol. The SMILES string of the molecule is CC.CC(=O)c1ccc(N2CCN(CC3CCNCC3)CC2)nc1. The molecule has 5 nitrogen and oxygen atoms in total. The average molecular weight is 332 g/mol. The van der Waals surface area contributed by atoms with Crippen molar-refractivity contribution in [3.63, 3.8) is 0 Å². The van der Waals surface area contributed by atoms with Gasteiger partial charge in [0.25, 0.3) is 0 Å². The second-order valence-corrected chi connectivity index (χ2v) is 6.44. The minimum atomic E-state index is 0.0749. The van der Waals surface area contributed by atoms with Gasteiger partial charge in [0.05, 0.1) is 0 Å². The van der Waals surface area contributed by atoms with Crippen LogP contribution in [0.2, 0.25) is 0 Å². The summed E-state index contributed by atoms with van der Waals surface area (Å²) in [5, 5.41) is 3.43. The summed E-state index contributed by atoms with van der Waals surface area (Å²) in [6.45, 7) is 13.4. The fraction of sp³-hybridized carbons (Fsp3) is 0.684. The van der Waals surface area contributed by atoms with Crippen LogP contribution in [0.15, 0.2) is 18.3 Å². The largest absolute Gasteiger partial charge is 0.354 e. The number of nitrogens with zero attached hydrogens (tertiary/aromatic N) is 3. The average Bonchev–Trinajstić information content (AvgIpc) is 2.65. The normalized spacial score (nSPS) is 19.5. The first-order chi connectivity index (χ1) is 11.7. The number of ketones is 1. The molecule has 1 aromatic heterocycles. The van der Waals surface area contributed by atoms with E-state index in [0.717, 1.165) is 37.9 Å². The molecule has 1 aromatic rings. The molecule has 2 aliphatic rings. The molecule has 0 atom stereocenters. The summed E-state index contributed by atoms with van der Waals surface area (Å²) in [6.07, 6.45) is 4.32. The molecule has 1 N–H and O–H groups in total. The Kier molecular flexibility index (Phi) is 7.66. The van der Waals surface area contributed by atoms with Gasteiger partial charge in [0.15, 0.2) is 5.78 Å². The highest BCUT2D eigenvalue weighted by molar-refractivity contribution is 5.93. The van der Waals surface area contributed by atoms with Gasteiger partial charge < -0.3 is 10.2 Å². The van der Waals surface area contributed by atoms with E-state index in [-0.39, 0.29) is 5.78 Å². The number of pyridine rings is 1. The maximum Gasteiger partial charge on any atom is 0.161 e. The molecule has 5 heteroatoms. The van der Waals surface area contributed by atoms with E-state index in [2.05, 4.69) is 20.1 Å². The van der Waals surface area contributed by atoms with E-state index in [1.54, 1.807) is 13.1 Å². The number of piperazine rings is 1. The summed E-state index contributed by atoms with van der Waals surface area (Å²) in [6, 6.07) is 3.85. The second kappa shape index (κ2) is 9.74. The van der Waals surface area contributed by atoms with Gasteiger partial charge in [-0.25, -0.2) is 4.98 Å². The fourth-order valence-corrected chi connectivity index (χ4v) is 3.37. The van der Waals surface area contributed by atoms with E-state index >= 15 is 0 Å². The van der Waals surface area contributed by atoms with Crippen molar-refractivity contribution in [3.8, 4) is 0 Å². The summed E-state index contributed by atoms with van der Waals surface area (Å²) < 4.78 is 0. The maximum absolute atomic E-state index is 11.3. The lowest BCUT2D eigenvalue weighted by atomic mass is 9.97. The number of anilines is 1. The maximum atomic E-state index is 11.3. The zero-order valence-electron chi connectivity index (χ0n) is 15.4. The van der Waals surface area contributed by atoms with Gasteiger partial charge >= 0.3 is 0 Å². The number of nitrogens with one attached hydrogen (secondary N) is 1. The van der Waals surface area contributed by atoms with E-state index in [4.69, 9.17) is 0 Å². The number of piperidine rings is 1. The molecule has 2 saturated heterocycles. The minimum Gasteiger partial charge on any atom is -0.354 e. The highest BCUT2D eigenvalue weighted by Gasteiger charge is 2.22. The van der Waals surface area contributed by atoms with Gasteiger partial charge in [0.2, 0.25) is 0 Å². The Morgan fingerprint density at radius 1 is 1.17 bits per heavy atom. The highest BCUT2D eigenvalue weighted by atomic mass is 16.1. The molecule has 24 heavy (non-hydrogen) atoms. The molecule has 0 radical (unpaired) electrons. The van der Waals surface area contributed by atoms with E-state index in [1.165, 1.54) is 32.5 Å². The van der Waals surface area contributed by atoms with Crippen molar-refractivity contribution >= 4 is 11.6 Å². The first kappa shape index (κ1) is 18.9. The highest BCUT2D eigenvalue weighted by Crippen LogP contribution is 2.17. The van der Waals surface area contributed by atoms with Crippen LogP contribution in [0.1, 0.15) is 44.0 Å². The number of Topliss-reactive ketones (excluding diaryl/α,β-unsaturated/α-hetero) is 1. The lowest BCUT2D eigenvalue weighted by Crippen LogP contribution is -2.48. The molecule has 2 fully saturated rings. The van der Waals surface area contributed by atoms with Crippen LogP contribution in [0, 0.1) is 5.92 Å². The van der Waals surface area contributed by atoms with E-state index in [0.29, 0.717) is 5.56 Å². The Labute approximate surface area is 146 Å². The third kappa shape index (κ3) is 5.28. The molecule has 0 unspecified atom stereocenters. The van der Waals surface area contributed by atoms with Crippen LogP contribution in [0.3, 0.4) is 0 Å². The number of carbonyl (C=O) groups is 1. The molecule has 2 aliphatic heterocycles. The summed E-state index contributed by atoms with van der Waals surface area (Å²) in [4.78, 5) is 20.7. The zero-order chi connectivity index (χ0) is 17.4. The lowest BCUT2D eigenvalue weighted by molar-refractivity contribution is 0.101. The fourth-order valence-electron chi connectivity index (χ4n) is 3.37. The van der Waals surface area contributed by atoms with Crippen LogP contribution < -0.4 is 10.2 Å². The number of rotatable bonds is 4. The van der Waals surface area contributed by atoms with Crippen molar-refractivity contribution in [3.05, 3.63) is 23.9 Å². The van der Waals surface area contributed by atoms with Crippen LogP contribution in [0.4, 0.5) is 5.82 Å². The molecule has 0 saturated carbocycles. The minimum absolute atomic E-state index is 0.0749. The predicted octanol–water partition coefficient (Wildman–Crippen LogP) is 2.43. The molecular formula is C19H32N4O. The Morgan fingerprint density at radius 3 is 2.38 bits per heavy atom. The quantitative estimate of drug-likeness (QED) is 0.858. The molecule has 3 rings (SSSR count). The number of hydrogen-bond acceptors (Lipinski definition) is 5. The number of aromatic nitrogens is 1. The van der Waals surface area contributed by atoms with Crippen LogP contribution in [-0.4, -0.2) is 61.5 Å². The molecular weight excluding hydrogens is 300 g/mol. The number of carbonyl (C=O) groups excluding carboxylic acids is 1. The van der Waals surface area contributed by atoms with Crippen molar-refractivity contribution in [1.29, 1.82) is 0 Å². The van der Waals surface area contributed by atoms with Gasteiger partial charge in [0, 0.05) is 44.5 Å². The summed E-state index contributed by atoms with van der Waals surface area (Å²) in [5.41, 5.74) is 0.688. The molecule has 134 valence electrons. The van der Waals surface area contributed by atoms with E-state index in [9.17, 15) is 4.79 Å². The van der Waals surface area contributed by atoms with Crippen LogP contribution in [-0.2, 0) is 0 Å². The molecule has 3 heterocycles. The topological polar surface area (TPSA) is 48.5 Å². The summed E-state index contributed by atoms with van der Waals surface area (Å²) in [5.74, 6) is 1.93. The monoisotopic (exact) mass is 332 g/mol. The van der Waals surface area contributed by atoms with Crippen molar-refractivity contribution in [2.24, 2.45) is 5.92 Å². The smallest absolute Gasteiger partial charge is 0.161 e.